The number of nitrogens with zero attached hydrogens (tertiary/aromatic N) is 1. The SMILES string of the molecule is O=c1ccn([C@@H]2O[C@H](COP(=O)(O)OP(=O)(O)O[C@H]3OC[C@@H](O)[C@H](O)[C@@H]3O)[C@@H](O)[C@H]2O)c(=O)[nH]1. The van der Waals surface area contributed by atoms with Gasteiger partial charge >= 0.3 is 21.3 Å². The summed E-state index contributed by atoms with van der Waals surface area (Å²) in [7, 11) is -10.9. The maximum atomic E-state index is 12.1. The first kappa shape index (κ1) is 27.3. The van der Waals surface area contributed by atoms with Gasteiger partial charge in [-0.05, 0) is 0 Å². The van der Waals surface area contributed by atoms with Crippen molar-refractivity contribution in [2.75, 3.05) is 13.2 Å². The van der Waals surface area contributed by atoms with Crippen LogP contribution >= 0.6 is 15.6 Å². The summed E-state index contributed by atoms with van der Waals surface area (Å²) in [5, 5.41) is 48.8. The number of aromatic nitrogens is 2. The van der Waals surface area contributed by atoms with Crippen LogP contribution in [0.4, 0.5) is 0 Å². The molecule has 2 fully saturated rings. The average Bonchev–Trinajstić information content (AvgIpc) is 3.00. The van der Waals surface area contributed by atoms with Crippen LogP contribution in [-0.4, -0.2) is 101 Å². The number of aliphatic hydroxyl groups is 5. The van der Waals surface area contributed by atoms with Crippen LogP contribution < -0.4 is 11.2 Å². The first-order valence-electron chi connectivity index (χ1n) is 9.39. The Labute approximate surface area is 188 Å². The minimum Gasteiger partial charge on any atom is -0.388 e. The van der Waals surface area contributed by atoms with Crippen LogP contribution in [-0.2, 0) is 32.0 Å². The third-order valence-corrected chi connectivity index (χ3v) is 7.36. The van der Waals surface area contributed by atoms with E-state index < -0.39 is 89.2 Å². The van der Waals surface area contributed by atoms with Crippen molar-refractivity contribution in [2.45, 2.75) is 49.1 Å². The summed E-state index contributed by atoms with van der Waals surface area (Å²) in [5.74, 6) is 0. The van der Waals surface area contributed by atoms with E-state index in [1.54, 1.807) is 0 Å². The molecular formula is C14H22N2O16P2. The lowest BCUT2D eigenvalue weighted by atomic mass is 10.1. The van der Waals surface area contributed by atoms with Gasteiger partial charge in [0.2, 0.25) is 0 Å². The monoisotopic (exact) mass is 536 g/mol. The fourth-order valence-corrected chi connectivity index (χ4v) is 5.24. The van der Waals surface area contributed by atoms with Gasteiger partial charge < -0.3 is 44.8 Å². The van der Waals surface area contributed by atoms with E-state index in [2.05, 4.69) is 13.4 Å². The molecule has 0 spiro atoms. The van der Waals surface area contributed by atoms with E-state index >= 15 is 0 Å². The normalized spacial score (nSPS) is 37.7. The van der Waals surface area contributed by atoms with Crippen molar-refractivity contribution in [2.24, 2.45) is 0 Å². The van der Waals surface area contributed by atoms with E-state index in [-0.39, 0.29) is 0 Å². The van der Waals surface area contributed by atoms with Crippen molar-refractivity contribution in [1.29, 1.82) is 0 Å². The minimum absolute atomic E-state index is 0.602. The molecule has 0 bridgehead atoms. The molecule has 2 unspecified atom stereocenters. The first-order chi connectivity index (χ1) is 15.7. The molecule has 2 aliphatic rings. The number of hydrogen-bond acceptors (Lipinski definition) is 14. The zero-order valence-corrected chi connectivity index (χ0v) is 18.6. The van der Waals surface area contributed by atoms with Crippen molar-refractivity contribution >= 4 is 15.6 Å². The molecule has 194 valence electrons. The number of rotatable bonds is 8. The van der Waals surface area contributed by atoms with Crippen molar-refractivity contribution in [3.8, 4) is 0 Å². The largest absolute Gasteiger partial charge is 0.483 e. The molecule has 18 nitrogen and oxygen atoms in total. The lowest BCUT2D eigenvalue weighted by molar-refractivity contribution is -0.245. The highest BCUT2D eigenvalue weighted by molar-refractivity contribution is 7.61. The van der Waals surface area contributed by atoms with Gasteiger partial charge in [-0.25, -0.2) is 13.9 Å². The minimum atomic E-state index is -5.47. The Balaban J connectivity index is 1.59. The van der Waals surface area contributed by atoms with Gasteiger partial charge in [-0.2, -0.15) is 4.31 Å². The molecular weight excluding hydrogens is 514 g/mol. The van der Waals surface area contributed by atoms with Gasteiger partial charge in [-0.3, -0.25) is 23.4 Å². The summed E-state index contributed by atoms with van der Waals surface area (Å²) in [6, 6.07) is 0.939. The summed E-state index contributed by atoms with van der Waals surface area (Å²) in [4.78, 5) is 44.3. The molecule has 0 saturated carbocycles. The number of ether oxygens (including phenoxy) is 2. The first-order valence-corrected chi connectivity index (χ1v) is 12.4. The van der Waals surface area contributed by atoms with Crippen LogP contribution in [0.3, 0.4) is 0 Å². The molecule has 0 aromatic carbocycles. The van der Waals surface area contributed by atoms with E-state index in [1.807, 2.05) is 4.98 Å². The molecule has 0 aliphatic carbocycles. The number of aliphatic hydroxyl groups excluding tert-OH is 5. The van der Waals surface area contributed by atoms with Crippen molar-refractivity contribution in [1.82, 2.24) is 9.55 Å². The lowest BCUT2D eigenvalue weighted by Crippen LogP contribution is -2.53. The van der Waals surface area contributed by atoms with Gasteiger partial charge in [-0.1, -0.05) is 0 Å². The van der Waals surface area contributed by atoms with E-state index in [1.165, 1.54) is 0 Å². The number of phosphoric ester groups is 2. The summed E-state index contributed by atoms with van der Waals surface area (Å²) in [6.07, 6.45) is -13.0. The van der Waals surface area contributed by atoms with Crippen molar-refractivity contribution in [3.05, 3.63) is 33.1 Å². The second-order valence-electron chi connectivity index (χ2n) is 7.23. The van der Waals surface area contributed by atoms with Crippen LogP contribution in [0, 0.1) is 0 Å². The second-order valence-corrected chi connectivity index (χ2v) is 10.2. The highest BCUT2D eigenvalue weighted by Gasteiger charge is 2.47. The zero-order chi connectivity index (χ0) is 25.4. The third-order valence-electron chi connectivity index (χ3n) is 4.76. The van der Waals surface area contributed by atoms with Gasteiger partial charge in [0, 0.05) is 12.3 Å². The predicted octanol–water partition coefficient (Wildman–Crippen LogP) is -4.15. The quantitative estimate of drug-likeness (QED) is 0.146. The Bertz CT molecular complexity index is 1080. The van der Waals surface area contributed by atoms with E-state index in [9.17, 15) is 54.0 Å². The molecule has 1 aromatic rings. The molecule has 34 heavy (non-hydrogen) atoms. The van der Waals surface area contributed by atoms with E-state index in [0.717, 1.165) is 16.8 Å². The highest BCUT2D eigenvalue weighted by Crippen LogP contribution is 2.61. The standard InChI is InChI=1S/C14H22N2O16P2/c17-5-3-28-13(11(22)8(5)19)31-34(26,27)32-33(24,25)29-4-6-9(20)10(21)12(30-6)16-2-1-7(18)15-14(16)23/h1-2,5-6,8-13,17,19-22H,3-4H2,(H,24,25)(H,26,27)(H,15,18,23)/t5-,6-,8+,9-,10-,11+,12-,13-/m1/s1. The van der Waals surface area contributed by atoms with Crippen LogP contribution in [0.15, 0.2) is 21.9 Å². The summed E-state index contributed by atoms with van der Waals surface area (Å²) < 4.78 is 47.7. The van der Waals surface area contributed by atoms with Crippen LogP contribution in [0.5, 0.6) is 0 Å². The Hall–Kier alpha value is -1.34. The van der Waals surface area contributed by atoms with Crippen LogP contribution in [0.1, 0.15) is 6.23 Å². The van der Waals surface area contributed by atoms with Gasteiger partial charge in [0.05, 0.1) is 13.2 Å². The number of hydrogen-bond donors (Lipinski definition) is 8. The Morgan fingerprint density at radius 1 is 1.03 bits per heavy atom. The smallest absolute Gasteiger partial charge is 0.388 e. The number of nitrogens with one attached hydrogen (secondary N) is 1. The number of H-pyrrole nitrogens is 1. The molecule has 8 N–H and O–H groups in total. The highest BCUT2D eigenvalue weighted by atomic mass is 31.3. The molecule has 2 aliphatic heterocycles. The fourth-order valence-electron chi connectivity index (χ4n) is 3.07. The molecule has 0 radical (unpaired) electrons. The maximum Gasteiger partial charge on any atom is 0.483 e. The van der Waals surface area contributed by atoms with Crippen molar-refractivity contribution in [3.63, 3.8) is 0 Å². The predicted molar refractivity (Wildman–Crippen MR) is 103 cm³/mol. The molecule has 10 atom stereocenters. The van der Waals surface area contributed by atoms with Gasteiger partial charge in [0.15, 0.2) is 12.5 Å². The second kappa shape index (κ2) is 10.3. The van der Waals surface area contributed by atoms with Gasteiger partial charge in [-0.15, -0.1) is 0 Å². The molecule has 1 aromatic heterocycles. The molecule has 3 heterocycles. The zero-order valence-electron chi connectivity index (χ0n) is 16.8. The van der Waals surface area contributed by atoms with E-state index in [4.69, 9.17) is 9.47 Å². The molecule has 3 rings (SSSR count). The van der Waals surface area contributed by atoms with Crippen LogP contribution in [0.2, 0.25) is 0 Å². The molecule has 20 heteroatoms. The third kappa shape index (κ3) is 6.26. The Kier molecular flexibility index (Phi) is 8.28. The lowest BCUT2D eigenvalue weighted by Gasteiger charge is -2.35. The Morgan fingerprint density at radius 2 is 1.71 bits per heavy atom. The van der Waals surface area contributed by atoms with Crippen LogP contribution in [0.25, 0.3) is 0 Å². The van der Waals surface area contributed by atoms with Gasteiger partial charge in [0.1, 0.15) is 36.6 Å². The summed E-state index contributed by atoms with van der Waals surface area (Å²) in [6.45, 7) is -1.59. The Morgan fingerprint density at radius 3 is 2.35 bits per heavy atom. The summed E-state index contributed by atoms with van der Waals surface area (Å²) in [5.41, 5.74) is -1.72. The topological polar surface area (TPSA) is 277 Å². The van der Waals surface area contributed by atoms with E-state index in [0.29, 0.717) is 0 Å². The number of aromatic amines is 1. The fraction of sp³-hybridized carbons (Fsp3) is 0.714. The summed E-state index contributed by atoms with van der Waals surface area (Å²) >= 11 is 0. The molecule has 2 saturated heterocycles. The average molecular weight is 536 g/mol. The number of phosphoric acid groups is 2. The maximum absolute atomic E-state index is 12.1. The van der Waals surface area contributed by atoms with Crippen molar-refractivity contribution < 1.29 is 67.3 Å². The van der Waals surface area contributed by atoms with Gasteiger partial charge in [0.25, 0.3) is 5.56 Å². The molecule has 0 amide bonds.